The number of nitrogens with one attached hydrogen (secondary N) is 3. The predicted molar refractivity (Wildman–Crippen MR) is 118 cm³/mol. The molecule has 0 atom stereocenters. The number of hydrogen-bond donors (Lipinski definition) is 3. The SMILES string of the molecule is CCNC(=NCCNC(=O)c1ccc(Cl)cc1)Nc1ccc(OCC)c(OC)c1. The fourth-order valence-electron chi connectivity index (χ4n) is 2.50. The molecule has 0 spiro atoms. The smallest absolute Gasteiger partial charge is 0.251 e. The van der Waals surface area contributed by atoms with Crippen molar-refractivity contribution in [3.63, 3.8) is 0 Å². The molecule has 0 aliphatic rings. The van der Waals surface area contributed by atoms with Crippen LogP contribution in [0.1, 0.15) is 24.2 Å². The summed E-state index contributed by atoms with van der Waals surface area (Å²) in [4.78, 5) is 16.6. The van der Waals surface area contributed by atoms with Crippen LogP contribution in [0.4, 0.5) is 5.69 Å². The maximum atomic E-state index is 12.1. The van der Waals surface area contributed by atoms with E-state index in [-0.39, 0.29) is 5.91 Å². The maximum absolute atomic E-state index is 12.1. The first-order valence-corrected chi connectivity index (χ1v) is 9.85. The Morgan fingerprint density at radius 1 is 1.07 bits per heavy atom. The molecular weight excluding hydrogens is 392 g/mol. The Morgan fingerprint density at radius 2 is 1.83 bits per heavy atom. The van der Waals surface area contributed by atoms with Crippen LogP contribution in [0, 0.1) is 0 Å². The van der Waals surface area contributed by atoms with Gasteiger partial charge in [-0.1, -0.05) is 11.6 Å². The van der Waals surface area contributed by atoms with Gasteiger partial charge in [-0.3, -0.25) is 9.79 Å². The summed E-state index contributed by atoms with van der Waals surface area (Å²) in [5.74, 6) is 1.78. The summed E-state index contributed by atoms with van der Waals surface area (Å²) in [5.41, 5.74) is 1.38. The highest BCUT2D eigenvalue weighted by Crippen LogP contribution is 2.30. The minimum atomic E-state index is -0.161. The van der Waals surface area contributed by atoms with Crippen LogP contribution >= 0.6 is 11.6 Å². The molecular formula is C21H27ClN4O3. The number of hydrogen-bond acceptors (Lipinski definition) is 4. The van der Waals surface area contributed by atoms with Crippen molar-refractivity contribution in [1.82, 2.24) is 10.6 Å². The first kappa shape index (κ1) is 22.4. The van der Waals surface area contributed by atoms with Gasteiger partial charge in [0.2, 0.25) is 0 Å². The first-order chi connectivity index (χ1) is 14.1. The quantitative estimate of drug-likeness (QED) is 0.329. The molecule has 0 radical (unpaired) electrons. The summed E-state index contributed by atoms with van der Waals surface area (Å²) >= 11 is 5.84. The van der Waals surface area contributed by atoms with Crippen molar-refractivity contribution >= 4 is 29.2 Å². The maximum Gasteiger partial charge on any atom is 0.251 e. The molecule has 1 amide bonds. The predicted octanol–water partition coefficient (Wildman–Crippen LogP) is 3.55. The Balaban J connectivity index is 1.93. The molecule has 8 heteroatoms. The molecule has 0 aromatic heterocycles. The van der Waals surface area contributed by atoms with E-state index in [1.807, 2.05) is 32.0 Å². The van der Waals surface area contributed by atoms with E-state index in [0.29, 0.717) is 54.3 Å². The highest BCUT2D eigenvalue weighted by atomic mass is 35.5. The van der Waals surface area contributed by atoms with Gasteiger partial charge in [-0.2, -0.15) is 0 Å². The third-order valence-corrected chi connectivity index (χ3v) is 4.10. The second kappa shape index (κ2) is 11.8. The zero-order valence-corrected chi connectivity index (χ0v) is 17.7. The van der Waals surface area contributed by atoms with Crippen molar-refractivity contribution in [3.05, 3.63) is 53.1 Å². The van der Waals surface area contributed by atoms with Gasteiger partial charge >= 0.3 is 0 Å². The second-order valence-electron chi connectivity index (χ2n) is 5.95. The van der Waals surface area contributed by atoms with Gasteiger partial charge in [0.25, 0.3) is 5.91 Å². The highest BCUT2D eigenvalue weighted by molar-refractivity contribution is 6.30. The lowest BCUT2D eigenvalue weighted by Gasteiger charge is -2.14. The molecule has 7 nitrogen and oxygen atoms in total. The number of amides is 1. The van der Waals surface area contributed by atoms with Crippen molar-refractivity contribution in [2.24, 2.45) is 4.99 Å². The van der Waals surface area contributed by atoms with Gasteiger partial charge in [0.1, 0.15) is 0 Å². The molecule has 2 aromatic carbocycles. The largest absolute Gasteiger partial charge is 0.493 e. The van der Waals surface area contributed by atoms with Crippen molar-refractivity contribution < 1.29 is 14.3 Å². The third-order valence-electron chi connectivity index (χ3n) is 3.84. The van der Waals surface area contributed by atoms with Gasteiger partial charge in [-0.05, 0) is 50.2 Å². The summed E-state index contributed by atoms with van der Waals surface area (Å²) in [7, 11) is 1.60. The van der Waals surface area contributed by atoms with Crippen molar-refractivity contribution in [1.29, 1.82) is 0 Å². The van der Waals surface area contributed by atoms with Gasteiger partial charge in [-0.15, -0.1) is 0 Å². The van der Waals surface area contributed by atoms with Crippen LogP contribution in [0.15, 0.2) is 47.5 Å². The zero-order chi connectivity index (χ0) is 21.1. The number of anilines is 1. The summed E-state index contributed by atoms with van der Waals surface area (Å²) in [6.45, 7) is 6.01. The zero-order valence-electron chi connectivity index (χ0n) is 16.9. The third kappa shape index (κ3) is 7.19. The number of carbonyl (C=O) groups excluding carboxylic acids is 1. The Hall–Kier alpha value is -2.93. The fraction of sp³-hybridized carbons (Fsp3) is 0.333. The topological polar surface area (TPSA) is 84.0 Å². The number of rotatable bonds is 9. The minimum absolute atomic E-state index is 0.161. The number of benzene rings is 2. The Bertz CT molecular complexity index is 825. The van der Waals surface area contributed by atoms with Crippen molar-refractivity contribution in [2.45, 2.75) is 13.8 Å². The molecule has 0 heterocycles. The fourth-order valence-corrected chi connectivity index (χ4v) is 2.63. The summed E-state index contributed by atoms with van der Waals surface area (Å²) in [5, 5.41) is 9.83. The molecule has 3 N–H and O–H groups in total. The van der Waals surface area contributed by atoms with Crippen LogP contribution in [-0.4, -0.2) is 45.2 Å². The van der Waals surface area contributed by atoms with Gasteiger partial charge in [-0.25, -0.2) is 0 Å². The van der Waals surface area contributed by atoms with E-state index in [2.05, 4.69) is 20.9 Å². The molecule has 0 aliphatic heterocycles. The Morgan fingerprint density at radius 3 is 2.48 bits per heavy atom. The molecule has 0 fully saturated rings. The van der Waals surface area contributed by atoms with Gasteiger partial charge in [0, 0.05) is 35.4 Å². The standard InChI is InChI=1S/C21H27ClN4O3/c1-4-23-21(26-17-10-11-18(29-5-2)19(14-17)28-3)25-13-12-24-20(27)15-6-8-16(22)9-7-15/h6-11,14H,4-5,12-13H2,1-3H3,(H,24,27)(H2,23,25,26). The van der Waals surface area contributed by atoms with Crippen molar-refractivity contribution in [3.8, 4) is 11.5 Å². The van der Waals surface area contributed by atoms with Crippen LogP contribution in [0.2, 0.25) is 5.02 Å². The van der Waals surface area contributed by atoms with E-state index >= 15 is 0 Å². The number of nitrogens with zero attached hydrogens (tertiary/aromatic N) is 1. The van der Waals surface area contributed by atoms with E-state index in [1.54, 1.807) is 31.4 Å². The molecule has 0 unspecified atom stereocenters. The first-order valence-electron chi connectivity index (χ1n) is 9.47. The number of aliphatic imine (C=N–C) groups is 1. The number of halogens is 1. The number of carbonyl (C=O) groups is 1. The minimum Gasteiger partial charge on any atom is -0.493 e. The normalized spacial score (nSPS) is 11.0. The van der Waals surface area contributed by atoms with Crippen LogP contribution in [0.3, 0.4) is 0 Å². The van der Waals surface area contributed by atoms with Crippen LogP contribution in [0.5, 0.6) is 11.5 Å². The summed E-state index contributed by atoms with van der Waals surface area (Å²) in [6.07, 6.45) is 0. The van der Waals surface area contributed by atoms with E-state index in [9.17, 15) is 4.79 Å². The van der Waals surface area contributed by atoms with Crippen LogP contribution in [0.25, 0.3) is 0 Å². The van der Waals surface area contributed by atoms with E-state index in [0.717, 1.165) is 5.69 Å². The molecule has 156 valence electrons. The van der Waals surface area contributed by atoms with Gasteiger partial charge < -0.3 is 25.4 Å². The summed E-state index contributed by atoms with van der Waals surface area (Å²) < 4.78 is 10.9. The van der Waals surface area contributed by atoms with E-state index in [4.69, 9.17) is 21.1 Å². The number of methoxy groups -OCH3 is 1. The lowest BCUT2D eigenvalue weighted by Crippen LogP contribution is -2.32. The average molecular weight is 419 g/mol. The average Bonchev–Trinajstić information content (AvgIpc) is 2.72. The van der Waals surface area contributed by atoms with Crippen LogP contribution < -0.4 is 25.4 Å². The lowest BCUT2D eigenvalue weighted by atomic mass is 10.2. The number of guanidine groups is 1. The van der Waals surface area contributed by atoms with Gasteiger partial charge in [0.05, 0.1) is 20.3 Å². The molecule has 2 aromatic rings. The van der Waals surface area contributed by atoms with E-state index < -0.39 is 0 Å². The summed E-state index contributed by atoms with van der Waals surface area (Å²) in [6, 6.07) is 12.3. The second-order valence-corrected chi connectivity index (χ2v) is 6.38. The lowest BCUT2D eigenvalue weighted by molar-refractivity contribution is 0.0955. The molecule has 0 saturated carbocycles. The molecule has 0 bridgehead atoms. The van der Waals surface area contributed by atoms with Crippen LogP contribution in [-0.2, 0) is 0 Å². The molecule has 2 rings (SSSR count). The van der Waals surface area contributed by atoms with Crippen molar-refractivity contribution in [2.75, 3.05) is 38.7 Å². The van der Waals surface area contributed by atoms with Gasteiger partial charge in [0.15, 0.2) is 17.5 Å². The molecule has 0 saturated heterocycles. The molecule has 29 heavy (non-hydrogen) atoms. The highest BCUT2D eigenvalue weighted by Gasteiger charge is 2.07. The Labute approximate surface area is 176 Å². The van der Waals surface area contributed by atoms with E-state index in [1.165, 1.54) is 0 Å². The molecule has 0 aliphatic carbocycles. The Kier molecular flexibility index (Phi) is 9.11. The number of ether oxygens (including phenoxy) is 2. The monoisotopic (exact) mass is 418 g/mol.